The van der Waals surface area contributed by atoms with Gasteiger partial charge in [-0.05, 0) is 37.3 Å². The molecule has 1 amide bonds. The topological polar surface area (TPSA) is 64.0 Å². The lowest BCUT2D eigenvalue weighted by Gasteiger charge is -2.09. The zero-order chi connectivity index (χ0) is 18.4. The fraction of sp³-hybridized carbons (Fsp3) is 0.450. The van der Waals surface area contributed by atoms with E-state index in [0.29, 0.717) is 12.5 Å². The lowest BCUT2D eigenvalue weighted by atomic mass is 9.97. The molecule has 134 valence electrons. The van der Waals surface area contributed by atoms with E-state index in [1.165, 1.54) is 4.68 Å². The third kappa shape index (κ3) is 4.78. The van der Waals surface area contributed by atoms with E-state index in [1.54, 1.807) is 0 Å². The molecule has 1 heterocycles. The summed E-state index contributed by atoms with van der Waals surface area (Å²) in [5.41, 5.74) is 3.97. The van der Waals surface area contributed by atoms with Crippen molar-refractivity contribution in [2.24, 2.45) is 0 Å². The molecule has 0 bridgehead atoms. The summed E-state index contributed by atoms with van der Waals surface area (Å²) in [4.78, 5) is 24.4. The quantitative estimate of drug-likeness (QED) is 0.834. The summed E-state index contributed by atoms with van der Waals surface area (Å²) in [5, 5.41) is 7.23. The van der Waals surface area contributed by atoms with Crippen molar-refractivity contribution in [3.63, 3.8) is 0 Å². The van der Waals surface area contributed by atoms with Gasteiger partial charge in [-0.1, -0.05) is 44.2 Å². The summed E-state index contributed by atoms with van der Waals surface area (Å²) in [6.07, 6.45) is 1.33. The first-order chi connectivity index (χ1) is 11.9. The highest BCUT2D eigenvalue weighted by atomic mass is 16.2. The Balaban J connectivity index is 1.91. The third-order valence-corrected chi connectivity index (χ3v) is 4.59. The van der Waals surface area contributed by atoms with Gasteiger partial charge in [0.15, 0.2) is 0 Å². The van der Waals surface area contributed by atoms with Crippen molar-refractivity contribution in [3.8, 4) is 0 Å². The standard InChI is InChI=1S/C20H27N3O2/c1-5-14(2)20-15(3)22-23(16(20)4)19(25)12-11-18(24)21-13-17-9-7-6-8-10-17/h6-10,14H,5,11-13H2,1-4H3,(H,21,24). The number of nitrogens with zero attached hydrogens (tertiary/aromatic N) is 2. The number of carbonyl (C=O) groups excluding carboxylic acids is 2. The molecule has 0 saturated heterocycles. The normalized spacial score (nSPS) is 12.0. The molecule has 1 unspecified atom stereocenters. The average Bonchev–Trinajstić information content (AvgIpc) is 2.92. The van der Waals surface area contributed by atoms with Gasteiger partial charge >= 0.3 is 0 Å². The Bertz CT molecular complexity index is 735. The monoisotopic (exact) mass is 341 g/mol. The molecule has 5 nitrogen and oxygen atoms in total. The highest BCUT2D eigenvalue weighted by Gasteiger charge is 2.20. The molecule has 1 N–H and O–H groups in total. The van der Waals surface area contributed by atoms with Gasteiger partial charge in [-0.25, -0.2) is 4.68 Å². The number of carbonyl (C=O) groups is 2. The molecule has 2 rings (SSSR count). The number of rotatable bonds is 7. The Labute approximate surface area is 149 Å². The molecule has 0 radical (unpaired) electrons. The molecular weight excluding hydrogens is 314 g/mol. The number of hydrogen-bond acceptors (Lipinski definition) is 3. The first kappa shape index (κ1) is 18.9. The van der Waals surface area contributed by atoms with Crippen LogP contribution in [0.3, 0.4) is 0 Å². The maximum atomic E-state index is 12.4. The van der Waals surface area contributed by atoms with E-state index in [0.717, 1.165) is 28.9 Å². The molecule has 1 aromatic carbocycles. The minimum Gasteiger partial charge on any atom is -0.352 e. The zero-order valence-electron chi connectivity index (χ0n) is 15.5. The van der Waals surface area contributed by atoms with Gasteiger partial charge in [0.2, 0.25) is 11.8 Å². The van der Waals surface area contributed by atoms with E-state index >= 15 is 0 Å². The molecule has 1 aromatic heterocycles. The molecule has 2 aromatic rings. The van der Waals surface area contributed by atoms with Crippen LogP contribution in [0.2, 0.25) is 0 Å². The van der Waals surface area contributed by atoms with Gasteiger partial charge in [-0.2, -0.15) is 5.10 Å². The predicted molar refractivity (Wildman–Crippen MR) is 98.6 cm³/mol. The van der Waals surface area contributed by atoms with Crippen LogP contribution in [0.1, 0.15) is 66.3 Å². The second-order valence-electron chi connectivity index (χ2n) is 6.46. The Morgan fingerprint density at radius 3 is 2.48 bits per heavy atom. The molecule has 1 atom stereocenters. The Morgan fingerprint density at radius 1 is 1.16 bits per heavy atom. The van der Waals surface area contributed by atoms with Gasteiger partial charge in [-0.15, -0.1) is 0 Å². The van der Waals surface area contributed by atoms with Crippen LogP contribution in [0.4, 0.5) is 0 Å². The van der Waals surface area contributed by atoms with Crippen LogP contribution in [0.15, 0.2) is 30.3 Å². The summed E-state index contributed by atoms with van der Waals surface area (Å²) >= 11 is 0. The number of benzene rings is 1. The van der Waals surface area contributed by atoms with Crippen molar-refractivity contribution < 1.29 is 9.59 Å². The van der Waals surface area contributed by atoms with Crippen molar-refractivity contribution >= 4 is 11.8 Å². The smallest absolute Gasteiger partial charge is 0.247 e. The summed E-state index contributed by atoms with van der Waals surface area (Å²) < 4.78 is 1.46. The molecule has 0 aliphatic rings. The summed E-state index contributed by atoms with van der Waals surface area (Å²) in [6, 6.07) is 9.72. The number of amides is 1. The SMILES string of the molecule is CCC(C)c1c(C)nn(C(=O)CCC(=O)NCc2ccccc2)c1C. The van der Waals surface area contributed by atoms with E-state index < -0.39 is 0 Å². The second kappa shape index (κ2) is 8.60. The molecule has 0 aliphatic carbocycles. The number of hydrogen-bond donors (Lipinski definition) is 1. The molecule has 0 spiro atoms. The van der Waals surface area contributed by atoms with Crippen LogP contribution < -0.4 is 5.32 Å². The van der Waals surface area contributed by atoms with Crippen molar-refractivity contribution in [2.45, 2.75) is 59.4 Å². The summed E-state index contributed by atoms with van der Waals surface area (Å²) in [7, 11) is 0. The summed E-state index contributed by atoms with van der Waals surface area (Å²) in [5.74, 6) is 0.113. The fourth-order valence-corrected chi connectivity index (χ4v) is 3.03. The first-order valence-corrected chi connectivity index (χ1v) is 8.84. The average molecular weight is 341 g/mol. The lowest BCUT2D eigenvalue weighted by molar-refractivity contribution is -0.121. The third-order valence-electron chi connectivity index (χ3n) is 4.59. The second-order valence-corrected chi connectivity index (χ2v) is 6.46. The van der Waals surface area contributed by atoms with Crippen LogP contribution in [-0.4, -0.2) is 21.6 Å². The van der Waals surface area contributed by atoms with E-state index in [4.69, 9.17) is 0 Å². The van der Waals surface area contributed by atoms with Crippen molar-refractivity contribution in [1.29, 1.82) is 0 Å². The molecule has 5 heteroatoms. The number of nitrogens with one attached hydrogen (secondary N) is 1. The first-order valence-electron chi connectivity index (χ1n) is 8.84. The predicted octanol–water partition coefficient (Wildman–Crippen LogP) is 3.75. The van der Waals surface area contributed by atoms with E-state index in [9.17, 15) is 9.59 Å². The highest BCUT2D eigenvalue weighted by Crippen LogP contribution is 2.25. The van der Waals surface area contributed by atoms with Crippen molar-refractivity contribution in [2.75, 3.05) is 0 Å². The molecule has 0 aliphatic heterocycles. The van der Waals surface area contributed by atoms with E-state index in [1.807, 2.05) is 44.2 Å². The van der Waals surface area contributed by atoms with Crippen LogP contribution in [0, 0.1) is 13.8 Å². The van der Waals surface area contributed by atoms with Crippen LogP contribution in [0.5, 0.6) is 0 Å². The van der Waals surface area contributed by atoms with Gasteiger partial charge in [0, 0.05) is 25.1 Å². The lowest BCUT2D eigenvalue weighted by Crippen LogP contribution is -2.24. The maximum absolute atomic E-state index is 12.4. The van der Waals surface area contributed by atoms with Crippen LogP contribution >= 0.6 is 0 Å². The van der Waals surface area contributed by atoms with Gasteiger partial charge in [0.25, 0.3) is 0 Å². The van der Waals surface area contributed by atoms with E-state index in [2.05, 4.69) is 24.3 Å². The molecular formula is C20H27N3O2. The van der Waals surface area contributed by atoms with Crippen LogP contribution in [-0.2, 0) is 11.3 Å². The van der Waals surface area contributed by atoms with Crippen molar-refractivity contribution in [3.05, 3.63) is 52.8 Å². The van der Waals surface area contributed by atoms with Gasteiger partial charge < -0.3 is 5.32 Å². The molecule has 25 heavy (non-hydrogen) atoms. The fourth-order valence-electron chi connectivity index (χ4n) is 3.03. The van der Waals surface area contributed by atoms with Gasteiger partial charge in [0.1, 0.15) is 0 Å². The minimum absolute atomic E-state index is 0.124. The maximum Gasteiger partial charge on any atom is 0.247 e. The highest BCUT2D eigenvalue weighted by molar-refractivity contribution is 5.85. The van der Waals surface area contributed by atoms with Gasteiger partial charge in [-0.3, -0.25) is 9.59 Å². The Morgan fingerprint density at radius 2 is 1.84 bits per heavy atom. The van der Waals surface area contributed by atoms with Crippen molar-refractivity contribution in [1.82, 2.24) is 15.1 Å². The number of aryl methyl sites for hydroxylation is 1. The Hall–Kier alpha value is -2.43. The number of aromatic nitrogens is 2. The van der Waals surface area contributed by atoms with Gasteiger partial charge in [0.05, 0.1) is 5.69 Å². The minimum atomic E-state index is -0.134. The van der Waals surface area contributed by atoms with Crippen LogP contribution in [0.25, 0.3) is 0 Å². The largest absolute Gasteiger partial charge is 0.352 e. The molecule has 0 fully saturated rings. The summed E-state index contributed by atoms with van der Waals surface area (Å²) in [6.45, 7) is 8.61. The molecule has 0 saturated carbocycles. The zero-order valence-corrected chi connectivity index (χ0v) is 15.5. The van der Waals surface area contributed by atoms with E-state index in [-0.39, 0.29) is 24.7 Å². The Kier molecular flexibility index (Phi) is 6.51.